The van der Waals surface area contributed by atoms with Gasteiger partial charge in [-0.2, -0.15) is 0 Å². The first-order chi connectivity index (χ1) is 13.0. The third-order valence-corrected chi connectivity index (χ3v) is 6.70. The Balaban J connectivity index is 0.00000192. The standard InChI is InChI=1S/C21H26BN3O2.H2/c22-14-3-6-17-18(10-14)21(7-8-21)13-25(20(17)27)12-19(26)23-15-2-1-9-24(11-15)16-4-5-16;/h3,6,10,15-16H,1-2,4-5,7-9,11-13H2,(H,23,26);1H/t15-;/m1./s1. The summed E-state index contributed by atoms with van der Waals surface area (Å²) in [7, 11) is 5.94. The highest BCUT2D eigenvalue weighted by molar-refractivity contribution is 6.32. The van der Waals surface area contributed by atoms with Gasteiger partial charge < -0.3 is 10.2 Å². The first-order valence-electron chi connectivity index (χ1n) is 10.3. The summed E-state index contributed by atoms with van der Waals surface area (Å²) in [5.74, 6) is -0.0679. The van der Waals surface area contributed by atoms with E-state index in [1.54, 1.807) is 11.0 Å². The number of hydrogen-bond donors (Lipinski definition) is 1. The summed E-state index contributed by atoms with van der Waals surface area (Å²) in [5, 5.41) is 3.19. The van der Waals surface area contributed by atoms with E-state index >= 15 is 0 Å². The minimum Gasteiger partial charge on any atom is -0.351 e. The fourth-order valence-corrected chi connectivity index (χ4v) is 4.93. The van der Waals surface area contributed by atoms with Gasteiger partial charge in [0.25, 0.3) is 5.91 Å². The predicted octanol–water partition coefficient (Wildman–Crippen LogP) is 0.957. The molecule has 2 aliphatic heterocycles. The number of nitrogens with one attached hydrogen (secondary N) is 1. The number of likely N-dealkylation sites (tertiary alicyclic amines) is 1. The van der Waals surface area contributed by atoms with Crippen LogP contribution < -0.4 is 10.8 Å². The van der Waals surface area contributed by atoms with E-state index in [2.05, 4.69) is 10.2 Å². The van der Waals surface area contributed by atoms with Crippen LogP contribution in [0.15, 0.2) is 18.2 Å². The number of hydrogen-bond acceptors (Lipinski definition) is 3. The Hall–Kier alpha value is -1.82. The molecule has 2 saturated carbocycles. The molecule has 27 heavy (non-hydrogen) atoms. The zero-order valence-electron chi connectivity index (χ0n) is 15.7. The van der Waals surface area contributed by atoms with Gasteiger partial charge in [0.05, 0.1) is 6.54 Å². The van der Waals surface area contributed by atoms with Gasteiger partial charge in [0.15, 0.2) is 0 Å². The quantitative estimate of drug-likeness (QED) is 0.809. The number of fused-ring (bicyclic) bond motifs is 2. The van der Waals surface area contributed by atoms with Crippen molar-refractivity contribution < 1.29 is 11.0 Å². The number of carbonyl (C=O) groups is 2. The van der Waals surface area contributed by atoms with Crippen molar-refractivity contribution in [2.45, 2.75) is 56.0 Å². The van der Waals surface area contributed by atoms with Gasteiger partial charge in [0.2, 0.25) is 5.91 Å². The van der Waals surface area contributed by atoms with E-state index in [0.29, 0.717) is 12.0 Å². The van der Waals surface area contributed by atoms with Crippen LogP contribution >= 0.6 is 0 Å². The maximum atomic E-state index is 12.9. The summed E-state index contributed by atoms with van der Waals surface area (Å²) < 4.78 is 0. The average Bonchev–Trinajstić information content (AvgIpc) is 3.55. The van der Waals surface area contributed by atoms with Crippen molar-refractivity contribution in [3.8, 4) is 0 Å². The van der Waals surface area contributed by atoms with Gasteiger partial charge in [-0.3, -0.25) is 14.5 Å². The Kier molecular flexibility index (Phi) is 4.08. The Morgan fingerprint density at radius 2 is 2.11 bits per heavy atom. The first kappa shape index (κ1) is 17.3. The van der Waals surface area contributed by atoms with Crippen molar-refractivity contribution in [2.75, 3.05) is 26.2 Å². The molecule has 2 radical (unpaired) electrons. The van der Waals surface area contributed by atoms with Crippen LogP contribution in [0.4, 0.5) is 0 Å². The van der Waals surface area contributed by atoms with E-state index in [1.807, 2.05) is 12.1 Å². The molecule has 1 atom stereocenters. The molecule has 142 valence electrons. The lowest BCUT2D eigenvalue weighted by atomic mass is 9.82. The van der Waals surface area contributed by atoms with Gasteiger partial charge >= 0.3 is 0 Å². The van der Waals surface area contributed by atoms with Gasteiger partial charge in [0.1, 0.15) is 7.85 Å². The van der Waals surface area contributed by atoms with Crippen molar-refractivity contribution in [3.63, 3.8) is 0 Å². The number of carbonyl (C=O) groups excluding carboxylic acids is 2. The number of amides is 2. The van der Waals surface area contributed by atoms with Crippen LogP contribution in [0.1, 0.15) is 55.9 Å². The summed E-state index contributed by atoms with van der Waals surface area (Å²) in [6, 6.07) is 6.52. The molecule has 0 unspecified atom stereocenters. The van der Waals surface area contributed by atoms with Gasteiger partial charge in [-0.1, -0.05) is 17.6 Å². The number of piperidine rings is 1. The molecule has 6 heteroatoms. The average molecular weight is 365 g/mol. The van der Waals surface area contributed by atoms with Crippen LogP contribution in [-0.4, -0.2) is 67.7 Å². The summed E-state index contributed by atoms with van der Waals surface area (Å²) in [6.45, 7) is 2.90. The molecule has 1 saturated heterocycles. The molecule has 1 spiro atoms. The lowest BCUT2D eigenvalue weighted by Gasteiger charge is -2.36. The van der Waals surface area contributed by atoms with Crippen LogP contribution in [0.5, 0.6) is 0 Å². The van der Waals surface area contributed by atoms with Gasteiger partial charge in [0, 0.05) is 37.6 Å². The number of rotatable bonds is 4. The molecule has 1 aromatic carbocycles. The monoisotopic (exact) mass is 365 g/mol. The van der Waals surface area contributed by atoms with Crippen LogP contribution in [0.2, 0.25) is 0 Å². The smallest absolute Gasteiger partial charge is 0.254 e. The van der Waals surface area contributed by atoms with E-state index in [4.69, 9.17) is 7.85 Å². The number of nitrogens with zero attached hydrogens (tertiary/aromatic N) is 2. The highest BCUT2D eigenvalue weighted by Gasteiger charge is 2.51. The maximum Gasteiger partial charge on any atom is 0.254 e. The largest absolute Gasteiger partial charge is 0.351 e. The molecule has 0 bridgehead atoms. The summed E-state index contributed by atoms with van der Waals surface area (Å²) in [6.07, 6.45) is 6.91. The molecule has 5 nitrogen and oxygen atoms in total. The molecular weight excluding hydrogens is 337 g/mol. The zero-order chi connectivity index (χ0) is 18.6. The van der Waals surface area contributed by atoms with Crippen molar-refractivity contribution >= 4 is 25.1 Å². The van der Waals surface area contributed by atoms with Crippen LogP contribution in [0.3, 0.4) is 0 Å². The van der Waals surface area contributed by atoms with Crippen molar-refractivity contribution in [2.24, 2.45) is 0 Å². The van der Waals surface area contributed by atoms with E-state index in [9.17, 15) is 9.59 Å². The summed E-state index contributed by atoms with van der Waals surface area (Å²) in [4.78, 5) is 29.8. The Bertz CT molecular complexity index is 794. The summed E-state index contributed by atoms with van der Waals surface area (Å²) >= 11 is 0. The molecular formula is C21H28BN3O2. The molecule has 3 fully saturated rings. The molecule has 0 aromatic heterocycles. The zero-order valence-corrected chi connectivity index (χ0v) is 15.7. The van der Waals surface area contributed by atoms with Gasteiger partial charge in [-0.25, -0.2) is 0 Å². The van der Waals surface area contributed by atoms with Crippen LogP contribution in [0, 0.1) is 0 Å². The minimum absolute atomic E-state index is 0. The topological polar surface area (TPSA) is 52.7 Å². The lowest BCUT2D eigenvalue weighted by molar-refractivity contribution is -0.123. The van der Waals surface area contributed by atoms with Crippen LogP contribution in [0.25, 0.3) is 0 Å². The first-order valence-corrected chi connectivity index (χ1v) is 10.3. The second kappa shape index (κ2) is 6.37. The Morgan fingerprint density at radius 3 is 2.85 bits per heavy atom. The second-order valence-corrected chi connectivity index (χ2v) is 8.88. The second-order valence-electron chi connectivity index (χ2n) is 8.88. The predicted molar refractivity (Wildman–Crippen MR) is 107 cm³/mol. The SMILES string of the molecule is [B]c1ccc2c(c1)C1(CC1)CN(CC(=O)N[C@@H]1CCCN(C3CC3)C1)C2=O.[HH]. The van der Waals surface area contributed by atoms with E-state index in [-0.39, 0.29) is 31.2 Å². The minimum atomic E-state index is -0.0408. The fraction of sp³-hybridized carbons (Fsp3) is 0.619. The van der Waals surface area contributed by atoms with Crippen molar-refractivity contribution in [3.05, 3.63) is 29.3 Å². The molecule has 2 heterocycles. The van der Waals surface area contributed by atoms with E-state index in [0.717, 1.165) is 55.9 Å². The summed E-state index contributed by atoms with van der Waals surface area (Å²) in [5.41, 5.74) is 2.53. The Morgan fingerprint density at radius 1 is 1.30 bits per heavy atom. The van der Waals surface area contributed by atoms with Gasteiger partial charge in [-0.15, -0.1) is 0 Å². The molecule has 2 amide bonds. The van der Waals surface area contributed by atoms with Crippen LogP contribution in [-0.2, 0) is 10.2 Å². The Labute approximate surface area is 163 Å². The van der Waals surface area contributed by atoms with Gasteiger partial charge in [-0.05, 0) is 56.7 Å². The molecule has 2 aliphatic carbocycles. The molecule has 5 rings (SSSR count). The highest BCUT2D eigenvalue weighted by Crippen LogP contribution is 2.52. The lowest BCUT2D eigenvalue weighted by Crippen LogP contribution is -2.53. The molecule has 4 aliphatic rings. The molecule has 1 N–H and O–H groups in total. The fourth-order valence-electron chi connectivity index (χ4n) is 4.93. The van der Waals surface area contributed by atoms with Crippen molar-refractivity contribution in [1.82, 2.24) is 15.1 Å². The third-order valence-electron chi connectivity index (χ3n) is 6.70. The molecule has 1 aromatic rings. The van der Waals surface area contributed by atoms with E-state index in [1.165, 1.54) is 12.8 Å². The highest BCUT2D eigenvalue weighted by atomic mass is 16.2. The maximum absolute atomic E-state index is 12.9. The normalized spacial score (nSPS) is 26.7. The third kappa shape index (κ3) is 3.29. The van der Waals surface area contributed by atoms with E-state index < -0.39 is 0 Å². The number of benzene rings is 1. The van der Waals surface area contributed by atoms with Crippen molar-refractivity contribution in [1.29, 1.82) is 0 Å².